The molecule has 5 heteroatoms. The summed E-state index contributed by atoms with van der Waals surface area (Å²) in [6.07, 6.45) is 3.68. The number of aromatic nitrogens is 1. The summed E-state index contributed by atoms with van der Waals surface area (Å²) in [6, 6.07) is 11.9. The van der Waals surface area contributed by atoms with Crippen molar-refractivity contribution in [3.8, 4) is 11.1 Å². The van der Waals surface area contributed by atoms with Crippen molar-refractivity contribution in [3.63, 3.8) is 0 Å². The molecule has 0 bridgehead atoms. The Bertz CT molecular complexity index is 1010. The van der Waals surface area contributed by atoms with E-state index >= 15 is 0 Å². The van der Waals surface area contributed by atoms with E-state index < -0.39 is 10.0 Å². The summed E-state index contributed by atoms with van der Waals surface area (Å²) in [5.74, 6) is 0.0355. The molecule has 0 spiro atoms. The molecule has 0 amide bonds. The maximum absolute atomic E-state index is 11.7. The summed E-state index contributed by atoms with van der Waals surface area (Å²) in [5.41, 5.74) is 4.59. The number of aryl methyl sites for hydroxylation is 1. The predicted octanol–water partition coefficient (Wildman–Crippen LogP) is 3.47. The fourth-order valence-corrected chi connectivity index (χ4v) is 4.24. The van der Waals surface area contributed by atoms with Gasteiger partial charge in [-0.3, -0.25) is 9.71 Å². The Hall–Kier alpha value is -2.40. The van der Waals surface area contributed by atoms with Gasteiger partial charge >= 0.3 is 0 Å². The monoisotopic (exact) mass is 310 g/mol. The second-order valence-electron chi connectivity index (χ2n) is 5.59. The fourth-order valence-electron chi connectivity index (χ4n) is 3.00. The molecule has 0 atom stereocenters. The molecule has 2 aromatic carbocycles. The van der Waals surface area contributed by atoms with Crippen molar-refractivity contribution < 1.29 is 8.42 Å². The number of anilines is 1. The lowest BCUT2D eigenvalue weighted by Gasteiger charge is -2.11. The molecule has 0 saturated carbocycles. The van der Waals surface area contributed by atoms with Gasteiger partial charge in [0, 0.05) is 23.3 Å². The minimum atomic E-state index is -3.23. The summed E-state index contributed by atoms with van der Waals surface area (Å²) >= 11 is 0. The topological polar surface area (TPSA) is 59.1 Å². The zero-order valence-electron chi connectivity index (χ0n) is 12.0. The number of rotatable bonds is 1. The SMILES string of the molecule is Cc1cc2c(cc1-c1cncc3ccccc13)CS(=O)(=O)N2. The third kappa shape index (κ3) is 2.05. The molecular weight excluding hydrogens is 296 g/mol. The Morgan fingerprint density at radius 1 is 1.09 bits per heavy atom. The van der Waals surface area contributed by atoms with E-state index in [1.54, 1.807) is 0 Å². The summed E-state index contributed by atoms with van der Waals surface area (Å²) in [5, 5.41) is 2.19. The van der Waals surface area contributed by atoms with Gasteiger partial charge in [0.05, 0.1) is 11.4 Å². The van der Waals surface area contributed by atoms with Crippen LogP contribution >= 0.6 is 0 Å². The van der Waals surface area contributed by atoms with Gasteiger partial charge in [-0.25, -0.2) is 8.42 Å². The van der Waals surface area contributed by atoms with E-state index in [4.69, 9.17) is 0 Å². The number of pyridine rings is 1. The third-order valence-corrected chi connectivity index (χ3v) is 5.24. The number of nitrogens with one attached hydrogen (secondary N) is 1. The van der Waals surface area contributed by atoms with E-state index in [-0.39, 0.29) is 5.75 Å². The molecule has 1 aliphatic rings. The third-order valence-electron chi connectivity index (χ3n) is 4.02. The lowest BCUT2D eigenvalue weighted by atomic mass is 9.95. The van der Waals surface area contributed by atoms with Crippen molar-refractivity contribution >= 4 is 26.5 Å². The minimum absolute atomic E-state index is 0.0355. The van der Waals surface area contributed by atoms with Gasteiger partial charge < -0.3 is 0 Å². The maximum Gasteiger partial charge on any atom is 0.237 e. The van der Waals surface area contributed by atoms with Crippen molar-refractivity contribution in [1.82, 2.24) is 4.98 Å². The molecule has 0 aliphatic carbocycles. The lowest BCUT2D eigenvalue weighted by Crippen LogP contribution is -2.05. The van der Waals surface area contributed by atoms with Crippen molar-refractivity contribution in [1.29, 1.82) is 0 Å². The summed E-state index contributed by atoms with van der Waals surface area (Å²) < 4.78 is 26.1. The maximum atomic E-state index is 11.7. The molecule has 4 rings (SSSR count). The largest absolute Gasteiger partial charge is 0.283 e. The molecule has 3 aromatic rings. The Morgan fingerprint density at radius 3 is 2.77 bits per heavy atom. The van der Waals surface area contributed by atoms with Gasteiger partial charge in [-0.05, 0) is 41.1 Å². The molecule has 0 fully saturated rings. The zero-order chi connectivity index (χ0) is 15.3. The molecule has 1 N–H and O–H groups in total. The number of sulfonamides is 1. The van der Waals surface area contributed by atoms with Crippen molar-refractivity contribution in [3.05, 3.63) is 59.9 Å². The summed E-state index contributed by atoms with van der Waals surface area (Å²) in [7, 11) is -3.23. The Morgan fingerprint density at radius 2 is 1.91 bits per heavy atom. The van der Waals surface area contributed by atoms with Gasteiger partial charge in [0.25, 0.3) is 0 Å². The van der Waals surface area contributed by atoms with Gasteiger partial charge in [-0.15, -0.1) is 0 Å². The second kappa shape index (κ2) is 4.55. The highest BCUT2D eigenvalue weighted by Crippen LogP contribution is 2.36. The molecule has 1 aromatic heterocycles. The number of nitrogens with zero attached hydrogens (tertiary/aromatic N) is 1. The van der Waals surface area contributed by atoms with Gasteiger partial charge in [-0.2, -0.15) is 0 Å². The first kappa shape index (κ1) is 13.3. The van der Waals surface area contributed by atoms with Crippen LogP contribution in [0.1, 0.15) is 11.1 Å². The molecular formula is C17H14N2O2S. The van der Waals surface area contributed by atoms with E-state index in [0.717, 1.165) is 33.0 Å². The zero-order valence-corrected chi connectivity index (χ0v) is 12.8. The van der Waals surface area contributed by atoms with E-state index in [1.807, 2.05) is 49.6 Å². The average Bonchev–Trinajstić information content (AvgIpc) is 2.79. The lowest BCUT2D eigenvalue weighted by molar-refractivity contribution is 0.602. The summed E-state index contributed by atoms with van der Waals surface area (Å²) in [4.78, 5) is 4.32. The Labute approximate surface area is 128 Å². The van der Waals surface area contributed by atoms with Crippen LogP contribution in [-0.4, -0.2) is 13.4 Å². The molecule has 1 aliphatic heterocycles. The molecule has 110 valence electrons. The normalized spacial score (nSPS) is 15.5. The highest BCUT2D eigenvalue weighted by Gasteiger charge is 2.25. The molecule has 0 unspecified atom stereocenters. The highest BCUT2D eigenvalue weighted by atomic mass is 32.2. The summed E-state index contributed by atoms with van der Waals surface area (Å²) in [6.45, 7) is 1.99. The van der Waals surface area contributed by atoms with Crippen LogP contribution in [-0.2, 0) is 15.8 Å². The van der Waals surface area contributed by atoms with E-state index in [2.05, 4.69) is 15.8 Å². The average molecular weight is 310 g/mol. The van der Waals surface area contributed by atoms with Crippen molar-refractivity contribution in [2.45, 2.75) is 12.7 Å². The number of benzene rings is 2. The van der Waals surface area contributed by atoms with Gasteiger partial charge in [0.15, 0.2) is 0 Å². The standard InChI is InChI=1S/C17H14N2O2S/c1-11-6-17-13(10-22(20,21)19-17)7-15(11)16-9-18-8-12-4-2-3-5-14(12)16/h2-9,19H,10H2,1H3. The Balaban J connectivity index is 1.97. The van der Waals surface area contributed by atoms with Crippen LogP contribution in [0.4, 0.5) is 5.69 Å². The number of hydrogen-bond acceptors (Lipinski definition) is 3. The molecule has 22 heavy (non-hydrogen) atoms. The van der Waals surface area contributed by atoms with Crippen LogP contribution in [0.25, 0.3) is 21.9 Å². The van der Waals surface area contributed by atoms with E-state index in [1.165, 1.54) is 0 Å². The van der Waals surface area contributed by atoms with Gasteiger partial charge in [-0.1, -0.05) is 24.3 Å². The van der Waals surface area contributed by atoms with E-state index in [0.29, 0.717) is 5.69 Å². The quantitative estimate of drug-likeness (QED) is 0.749. The number of hydrogen-bond donors (Lipinski definition) is 1. The van der Waals surface area contributed by atoms with Crippen LogP contribution < -0.4 is 4.72 Å². The van der Waals surface area contributed by atoms with Gasteiger partial charge in [0.1, 0.15) is 0 Å². The first-order valence-electron chi connectivity index (χ1n) is 7.01. The van der Waals surface area contributed by atoms with Crippen LogP contribution in [0.3, 0.4) is 0 Å². The van der Waals surface area contributed by atoms with Crippen LogP contribution in [0.2, 0.25) is 0 Å². The molecule has 4 nitrogen and oxygen atoms in total. The highest BCUT2D eigenvalue weighted by molar-refractivity contribution is 7.92. The smallest absolute Gasteiger partial charge is 0.237 e. The van der Waals surface area contributed by atoms with E-state index in [9.17, 15) is 8.42 Å². The van der Waals surface area contributed by atoms with Crippen molar-refractivity contribution in [2.75, 3.05) is 4.72 Å². The van der Waals surface area contributed by atoms with Gasteiger partial charge in [0.2, 0.25) is 10.0 Å². The first-order chi connectivity index (χ1) is 10.5. The minimum Gasteiger partial charge on any atom is -0.283 e. The molecule has 0 radical (unpaired) electrons. The molecule has 2 heterocycles. The first-order valence-corrected chi connectivity index (χ1v) is 8.66. The second-order valence-corrected chi connectivity index (χ2v) is 7.32. The predicted molar refractivity (Wildman–Crippen MR) is 88.2 cm³/mol. The van der Waals surface area contributed by atoms with Crippen molar-refractivity contribution in [2.24, 2.45) is 0 Å². The fraction of sp³-hybridized carbons (Fsp3) is 0.118. The molecule has 0 saturated heterocycles. The van der Waals surface area contributed by atoms with Crippen LogP contribution in [0, 0.1) is 6.92 Å². The number of fused-ring (bicyclic) bond motifs is 2. The van der Waals surface area contributed by atoms with Crippen LogP contribution in [0.5, 0.6) is 0 Å². The Kier molecular flexibility index (Phi) is 2.74. The van der Waals surface area contributed by atoms with Crippen LogP contribution in [0.15, 0.2) is 48.8 Å².